The number of anilines is 1. The minimum atomic E-state index is -3.97. The molecule has 0 saturated carbocycles. The number of rotatable bonds is 4. The van der Waals surface area contributed by atoms with Crippen LogP contribution in [0, 0.1) is 10.1 Å². The predicted octanol–water partition coefficient (Wildman–Crippen LogP) is 0.977. The minimum Gasteiger partial charge on any atom is -0.399 e. The quantitative estimate of drug-likeness (QED) is 0.503. The average molecular weight is 315 g/mol. The fourth-order valence-electron chi connectivity index (χ4n) is 2.34. The number of nitro benzene ring substituents is 1. The van der Waals surface area contributed by atoms with Crippen LogP contribution in [0.25, 0.3) is 0 Å². The highest BCUT2D eigenvalue weighted by Gasteiger charge is 2.35. The van der Waals surface area contributed by atoms with Crippen LogP contribution < -0.4 is 5.73 Å². The second-order valence-electron chi connectivity index (χ2n) is 4.85. The Hall–Kier alpha value is -1.71. The van der Waals surface area contributed by atoms with Crippen molar-refractivity contribution in [2.75, 3.05) is 25.9 Å². The number of nitrogen functional groups attached to an aromatic ring is 1. The van der Waals surface area contributed by atoms with E-state index < -0.39 is 20.6 Å². The van der Waals surface area contributed by atoms with Crippen molar-refractivity contribution in [3.8, 4) is 0 Å². The number of nitro groups is 1. The highest BCUT2D eigenvalue weighted by Crippen LogP contribution is 2.30. The number of methoxy groups -OCH3 is 1. The summed E-state index contributed by atoms with van der Waals surface area (Å²) in [5.41, 5.74) is 5.27. The summed E-state index contributed by atoms with van der Waals surface area (Å²) in [5.74, 6) is 0. The SMILES string of the molecule is COC1CCCN(S(=O)(=O)c2cc(N)ccc2[N+](=O)[O-])C1. The maximum atomic E-state index is 12.6. The third-order valence-corrected chi connectivity index (χ3v) is 5.37. The molecule has 0 bridgehead atoms. The van der Waals surface area contributed by atoms with Crippen molar-refractivity contribution in [2.24, 2.45) is 0 Å². The highest BCUT2D eigenvalue weighted by atomic mass is 32.2. The van der Waals surface area contributed by atoms with Crippen molar-refractivity contribution in [3.63, 3.8) is 0 Å². The molecule has 0 aliphatic carbocycles. The zero-order valence-electron chi connectivity index (χ0n) is 11.6. The maximum absolute atomic E-state index is 12.6. The molecule has 9 heteroatoms. The molecule has 1 atom stereocenters. The summed E-state index contributed by atoms with van der Waals surface area (Å²) >= 11 is 0. The smallest absolute Gasteiger partial charge is 0.289 e. The summed E-state index contributed by atoms with van der Waals surface area (Å²) in [7, 11) is -2.45. The molecule has 0 aromatic heterocycles. The van der Waals surface area contributed by atoms with E-state index in [9.17, 15) is 18.5 Å². The van der Waals surface area contributed by atoms with Gasteiger partial charge in [0, 0.05) is 32.0 Å². The van der Waals surface area contributed by atoms with Crippen molar-refractivity contribution < 1.29 is 18.1 Å². The number of hydrogen-bond donors (Lipinski definition) is 1. The van der Waals surface area contributed by atoms with Crippen molar-refractivity contribution in [1.29, 1.82) is 0 Å². The molecule has 0 amide bonds. The van der Waals surface area contributed by atoms with Gasteiger partial charge in [-0.3, -0.25) is 10.1 Å². The number of ether oxygens (including phenoxy) is 1. The highest BCUT2D eigenvalue weighted by molar-refractivity contribution is 7.89. The van der Waals surface area contributed by atoms with E-state index in [1.54, 1.807) is 0 Å². The van der Waals surface area contributed by atoms with Crippen LogP contribution in [-0.4, -0.2) is 43.9 Å². The molecule has 116 valence electrons. The number of hydrogen-bond acceptors (Lipinski definition) is 6. The van der Waals surface area contributed by atoms with E-state index >= 15 is 0 Å². The largest absolute Gasteiger partial charge is 0.399 e. The number of sulfonamides is 1. The molecule has 1 fully saturated rings. The fourth-order valence-corrected chi connectivity index (χ4v) is 4.04. The Kier molecular flexibility index (Phi) is 4.45. The van der Waals surface area contributed by atoms with Crippen LogP contribution in [0.2, 0.25) is 0 Å². The Morgan fingerprint density at radius 2 is 2.19 bits per heavy atom. The minimum absolute atomic E-state index is 0.166. The van der Waals surface area contributed by atoms with Gasteiger partial charge in [0.05, 0.1) is 11.0 Å². The van der Waals surface area contributed by atoms with E-state index in [4.69, 9.17) is 10.5 Å². The van der Waals surface area contributed by atoms with Gasteiger partial charge in [-0.2, -0.15) is 4.31 Å². The fraction of sp³-hybridized carbons (Fsp3) is 0.500. The van der Waals surface area contributed by atoms with Gasteiger partial charge in [-0.25, -0.2) is 8.42 Å². The molecule has 1 heterocycles. The Morgan fingerprint density at radius 3 is 2.81 bits per heavy atom. The summed E-state index contributed by atoms with van der Waals surface area (Å²) in [5, 5.41) is 11.0. The van der Waals surface area contributed by atoms with Gasteiger partial charge in [0.15, 0.2) is 4.90 Å². The second kappa shape index (κ2) is 5.96. The molecule has 1 aromatic carbocycles. The number of piperidine rings is 1. The molecule has 1 aliphatic heterocycles. The van der Waals surface area contributed by atoms with Crippen LogP contribution in [0.3, 0.4) is 0 Å². The molecule has 1 unspecified atom stereocenters. The van der Waals surface area contributed by atoms with Crippen LogP contribution in [-0.2, 0) is 14.8 Å². The molecule has 2 N–H and O–H groups in total. The van der Waals surface area contributed by atoms with Crippen LogP contribution in [0.1, 0.15) is 12.8 Å². The van der Waals surface area contributed by atoms with Gasteiger partial charge >= 0.3 is 0 Å². The molecule has 0 spiro atoms. The van der Waals surface area contributed by atoms with E-state index in [0.717, 1.165) is 18.6 Å². The lowest BCUT2D eigenvalue weighted by Gasteiger charge is -2.30. The second-order valence-corrected chi connectivity index (χ2v) is 6.75. The molecule has 1 aromatic rings. The summed E-state index contributed by atoms with van der Waals surface area (Å²) < 4.78 is 31.7. The van der Waals surface area contributed by atoms with Gasteiger partial charge < -0.3 is 10.5 Å². The van der Waals surface area contributed by atoms with E-state index in [1.165, 1.54) is 17.5 Å². The molecule has 2 rings (SSSR count). The first-order valence-electron chi connectivity index (χ1n) is 6.43. The Balaban J connectivity index is 2.44. The predicted molar refractivity (Wildman–Crippen MR) is 76.3 cm³/mol. The zero-order chi connectivity index (χ0) is 15.6. The lowest BCUT2D eigenvalue weighted by molar-refractivity contribution is -0.387. The van der Waals surface area contributed by atoms with Gasteiger partial charge in [-0.15, -0.1) is 0 Å². The first-order valence-corrected chi connectivity index (χ1v) is 7.87. The molecule has 0 radical (unpaired) electrons. The van der Waals surface area contributed by atoms with E-state index in [0.29, 0.717) is 13.0 Å². The summed E-state index contributed by atoms with van der Waals surface area (Å²) in [6, 6.07) is 3.55. The molecule has 1 aliphatic rings. The van der Waals surface area contributed by atoms with E-state index in [2.05, 4.69) is 0 Å². The van der Waals surface area contributed by atoms with Crippen LogP contribution >= 0.6 is 0 Å². The lowest BCUT2D eigenvalue weighted by Crippen LogP contribution is -2.42. The lowest BCUT2D eigenvalue weighted by atomic mass is 10.1. The van der Waals surface area contributed by atoms with E-state index in [1.807, 2.05) is 0 Å². The maximum Gasteiger partial charge on any atom is 0.289 e. The zero-order valence-corrected chi connectivity index (χ0v) is 12.4. The average Bonchev–Trinajstić information content (AvgIpc) is 2.46. The molecule has 1 saturated heterocycles. The van der Waals surface area contributed by atoms with Crippen LogP contribution in [0.5, 0.6) is 0 Å². The van der Waals surface area contributed by atoms with Crippen molar-refractivity contribution in [3.05, 3.63) is 28.3 Å². The topological polar surface area (TPSA) is 116 Å². The first kappa shape index (κ1) is 15.7. The summed E-state index contributed by atoms with van der Waals surface area (Å²) in [4.78, 5) is 9.95. The van der Waals surface area contributed by atoms with Crippen molar-refractivity contribution in [1.82, 2.24) is 4.31 Å². The van der Waals surface area contributed by atoms with Crippen LogP contribution in [0.4, 0.5) is 11.4 Å². The van der Waals surface area contributed by atoms with Gasteiger partial charge in [-0.05, 0) is 25.0 Å². The summed E-state index contributed by atoms with van der Waals surface area (Å²) in [6.07, 6.45) is 1.21. The van der Waals surface area contributed by atoms with E-state index in [-0.39, 0.29) is 23.2 Å². The molecule has 21 heavy (non-hydrogen) atoms. The van der Waals surface area contributed by atoms with Gasteiger partial charge in [0.25, 0.3) is 5.69 Å². The van der Waals surface area contributed by atoms with Crippen molar-refractivity contribution >= 4 is 21.4 Å². The first-order chi connectivity index (χ1) is 9.86. The monoisotopic (exact) mass is 315 g/mol. The number of nitrogens with zero attached hydrogens (tertiary/aromatic N) is 2. The third kappa shape index (κ3) is 3.14. The standard InChI is InChI=1S/C12H17N3O5S/c1-20-10-3-2-6-14(8-10)21(18,19)12-7-9(13)4-5-11(12)15(16)17/h4-5,7,10H,2-3,6,8,13H2,1H3. The normalized spacial score (nSPS) is 20.3. The molecule has 8 nitrogen and oxygen atoms in total. The van der Waals surface area contributed by atoms with Gasteiger partial charge in [0.1, 0.15) is 0 Å². The Morgan fingerprint density at radius 1 is 1.48 bits per heavy atom. The summed E-state index contributed by atoms with van der Waals surface area (Å²) in [6.45, 7) is 0.499. The Bertz CT molecular complexity index is 646. The number of benzene rings is 1. The van der Waals surface area contributed by atoms with Crippen LogP contribution in [0.15, 0.2) is 23.1 Å². The third-order valence-electron chi connectivity index (χ3n) is 3.47. The van der Waals surface area contributed by atoms with Gasteiger partial charge in [-0.1, -0.05) is 0 Å². The molecular formula is C12H17N3O5S. The Labute approximate surface area is 122 Å². The van der Waals surface area contributed by atoms with Crippen molar-refractivity contribution in [2.45, 2.75) is 23.8 Å². The van der Waals surface area contributed by atoms with Gasteiger partial charge in [0.2, 0.25) is 10.0 Å². The number of nitrogens with two attached hydrogens (primary N) is 1. The molecular weight excluding hydrogens is 298 g/mol.